The molecule has 3 N–H and O–H groups in total. The molecule has 2 amide bonds. The maximum absolute atomic E-state index is 14.1. The minimum absolute atomic E-state index is 0.0466. The van der Waals surface area contributed by atoms with E-state index in [2.05, 4.69) is 25.2 Å². The molecule has 3 aromatic heterocycles. The summed E-state index contributed by atoms with van der Waals surface area (Å²) in [7, 11) is 2.00. The van der Waals surface area contributed by atoms with Crippen molar-refractivity contribution in [3.8, 4) is 11.5 Å². The van der Waals surface area contributed by atoms with Crippen molar-refractivity contribution in [2.45, 2.75) is 45.1 Å². The number of rotatable bonds is 7. The molecule has 1 saturated heterocycles. The number of hydrogen-bond donors (Lipinski definition) is 3. The fraction of sp³-hybridized carbons (Fsp3) is 0.406. The topological polar surface area (TPSA) is 110 Å². The molecule has 5 heterocycles. The molecule has 4 aromatic rings. The van der Waals surface area contributed by atoms with Gasteiger partial charge in [0.1, 0.15) is 17.1 Å². The molecule has 0 unspecified atom stereocenters. The molecule has 45 heavy (non-hydrogen) atoms. The van der Waals surface area contributed by atoms with Crippen LogP contribution in [0.3, 0.4) is 0 Å². The number of anilines is 1. The van der Waals surface area contributed by atoms with Crippen molar-refractivity contribution in [1.29, 1.82) is 0 Å². The van der Waals surface area contributed by atoms with Gasteiger partial charge in [-0.3, -0.25) is 9.88 Å². The van der Waals surface area contributed by atoms with Crippen LogP contribution in [0.5, 0.6) is 11.5 Å². The van der Waals surface area contributed by atoms with E-state index in [1.54, 1.807) is 35.5 Å². The molecular weight excluding hydrogens is 587 g/mol. The average molecular weight is 624 g/mol. The van der Waals surface area contributed by atoms with Crippen LogP contribution in [0.25, 0.3) is 11.0 Å². The molecule has 0 aliphatic carbocycles. The number of alkyl halides is 3. The van der Waals surface area contributed by atoms with Crippen molar-refractivity contribution in [3.05, 3.63) is 76.9 Å². The molecule has 238 valence electrons. The lowest BCUT2D eigenvalue weighted by Gasteiger charge is -2.34. The number of amides is 2. The summed E-state index contributed by atoms with van der Waals surface area (Å²) < 4.78 is 48.5. The third-order valence-corrected chi connectivity index (χ3v) is 8.55. The van der Waals surface area contributed by atoms with Gasteiger partial charge in [0, 0.05) is 69.3 Å². The molecule has 0 bridgehead atoms. The number of halogens is 3. The lowest BCUT2D eigenvalue weighted by molar-refractivity contribution is -0.138. The first-order chi connectivity index (χ1) is 21.6. The number of carbonyl (C=O) groups is 1. The number of aromatic nitrogens is 3. The van der Waals surface area contributed by atoms with Crippen LogP contribution < -0.4 is 10.1 Å². The largest absolute Gasteiger partial charge is 0.455 e. The first-order valence-corrected chi connectivity index (χ1v) is 15.0. The summed E-state index contributed by atoms with van der Waals surface area (Å²) in [5.74, 6) is 0.956. The van der Waals surface area contributed by atoms with Crippen LogP contribution in [0, 0.1) is 0 Å². The highest BCUT2D eigenvalue weighted by Gasteiger charge is 2.35. The fourth-order valence-corrected chi connectivity index (χ4v) is 6.01. The number of pyridine rings is 2. The van der Waals surface area contributed by atoms with Crippen LogP contribution in [-0.2, 0) is 25.9 Å². The van der Waals surface area contributed by atoms with Crippen molar-refractivity contribution >= 4 is 22.8 Å². The fourth-order valence-electron chi connectivity index (χ4n) is 6.01. The van der Waals surface area contributed by atoms with E-state index in [1.807, 2.05) is 24.9 Å². The lowest BCUT2D eigenvalue weighted by Crippen LogP contribution is -2.44. The van der Waals surface area contributed by atoms with Gasteiger partial charge in [-0.25, -0.2) is 9.78 Å². The van der Waals surface area contributed by atoms with Gasteiger partial charge < -0.3 is 29.9 Å². The molecule has 1 fully saturated rings. The minimum atomic E-state index is -4.55. The number of piperazine rings is 1. The number of carbonyl (C=O) groups excluding carboxylic acids is 1. The Morgan fingerprint density at radius 1 is 1.13 bits per heavy atom. The van der Waals surface area contributed by atoms with E-state index in [9.17, 15) is 23.1 Å². The molecule has 0 spiro atoms. The van der Waals surface area contributed by atoms with Gasteiger partial charge in [0.2, 0.25) is 0 Å². The standard InChI is InChI=1S/C32H36F3N7O3/c1-3-20-17-42(18-22-12-25(15-37-29(20)22)45-28-6-7-36-30-26(28)13-24(19-43)38-30)31(44)39-23-5-4-21(27(14-23)32(33,34)35)16-41-10-8-40(2)9-11-41/h4-7,12-15,20,43H,3,8-11,16-19H2,1-2H3,(H,36,38)(H,39,44)/t20-/m0/s1. The maximum atomic E-state index is 14.1. The summed E-state index contributed by atoms with van der Waals surface area (Å²) in [6.07, 6.45) is -0.584. The van der Waals surface area contributed by atoms with Gasteiger partial charge in [0.25, 0.3) is 0 Å². The Morgan fingerprint density at radius 3 is 2.67 bits per heavy atom. The zero-order valence-electron chi connectivity index (χ0n) is 25.2. The Labute approximate surface area is 258 Å². The predicted molar refractivity (Wildman–Crippen MR) is 163 cm³/mol. The minimum Gasteiger partial charge on any atom is -0.455 e. The highest BCUT2D eigenvalue weighted by atomic mass is 19.4. The maximum Gasteiger partial charge on any atom is 0.416 e. The number of hydrogen-bond acceptors (Lipinski definition) is 7. The number of benzene rings is 1. The third-order valence-electron chi connectivity index (χ3n) is 8.55. The number of likely N-dealkylation sites (N-methyl/N-ethyl adjacent to an activating group) is 1. The number of aromatic amines is 1. The molecule has 13 heteroatoms. The number of aliphatic hydroxyl groups is 1. The van der Waals surface area contributed by atoms with Crippen LogP contribution >= 0.6 is 0 Å². The van der Waals surface area contributed by atoms with Gasteiger partial charge in [-0.1, -0.05) is 13.0 Å². The van der Waals surface area contributed by atoms with Crippen molar-refractivity contribution < 1.29 is 27.8 Å². The number of ether oxygens (including phenoxy) is 1. The molecule has 0 radical (unpaired) electrons. The monoisotopic (exact) mass is 623 g/mol. The SMILES string of the molecule is CC[C@H]1CN(C(=O)Nc2ccc(CN3CCN(C)CC3)c(C(F)(F)F)c2)Cc2cc(Oc3ccnc4[nH]c(CO)cc34)cnc21. The molecule has 1 aromatic carbocycles. The van der Waals surface area contributed by atoms with E-state index in [1.165, 1.54) is 6.07 Å². The van der Waals surface area contributed by atoms with Crippen LogP contribution in [0.15, 0.2) is 48.8 Å². The highest BCUT2D eigenvalue weighted by Crippen LogP contribution is 2.36. The van der Waals surface area contributed by atoms with Crippen LogP contribution in [0.1, 0.15) is 47.3 Å². The number of fused-ring (bicyclic) bond motifs is 2. The van der Waals surface area contributed by atoms with Gasteiger partial charge in [0.15, 0.2) is 0 Å². The van der Waals surface area contributed by atoms with Gasteiger partial charge in [-0.2, -0.15) is 13.2 Å². The molecule has 10 nitrogen and oxygen atoms in total. The quantitative estimate of drug-likeness (QED) is 0.248. The molecule has 6 rings (SSSR count). The molecule has 2 aliphatic heterocycles. The molecule has 0 saturated carbocycles. The Bertz CT molecular complexity index is 1680. The Balaban J connectivity index is 1.19. The highest BCUT2D eigenvalue weighted by molar-refractivity contribution is 5.89. The number of nitrogens with zero attached hydrogens (tertiary/aromatic N) is 5. The number of urea groups is 1. The van der Waals surface area contributed by atoms with Gasteiger partial charge in [-0.05, 0) is 54.9 Å². The Hall–Kier alpha value is -4.20. The number of nitrogens with one attached hydrogen (secondary N) is 2. The van der Waals surface area contributed by atoms with Crippen LogP contribution in [0.4, 0.5) is 23.7 Å². The zero-order chi connectivity index (χ0) is 31.7. The zero-order valence-corrected chi connectivity index (χ0v) is 25.2. The summed E-state index contributed by atoms with van der Waals surface area (Å²) in [4.78, 5) is 31.2. The second-order valence-electron chi connectivity index (χ2n) is 11.7. The van der Waals surface area contributed by atoms with E-state index >= 15 is 0 Å². The van der Waals surface area contributed by atoms with E-state index in [-0.39, 0.29) is 36.9 Å². The normalized spacial score (nSPS) is 17.8. The first kappa shape index (κ1) is 30.8. The second kappa shape index (κ2) is 12.7. The number of H-pyrrole nitrogens is 1. The summed E-state index contributed by atoms with van der Waals surface area (Å²) in [6, 6.07) is 8.89. The van der Waals surface area contributed by atoms with E-state index in [4.69, 9.17) is 4.74 Å². The summed E-state index contributed by atoms with van der Waals surface area (Å²) in [5.41, 5.74) is 2.41. The van der Waals surface area contributed by atoms with E-state index in [0.717, 1.165) is 36.8 Å². The predicted octanol–water partition coefficient (Wildman–Crippen LogP) is 5.55. The van der Waals surface area contributed by atoms with Gasteiger partial charge in [0.05, 0.1) is 29.4 Å². The molecular formula is C32H36F3N7O3. The van der Waals surface area contributed by atoms with Gasteiger partial charge in [-0.15, -0.1) is 0 Å². The smallest absolute Gasteiger partial charge is 0.416 e. The number of aliphatic hydroxyl groups excluding tert-OH is 1. The second-order valence-corrected chi connectivity index (χ2v) is 11.7. The molecule has 1 atom stereocenters. The van der Waals surface area contributed by atoms with E-state index < -0.39 is 17.8 Å². The third kappa shape index (κ3) is 6.75. The van der Waals surface area contributed by atoms with Crippen molar-refractivity contribution in [3.63, 3.8) is 0 Å². The van der Waals surface area contributed by atoms with Crippen LogP contribution in [0.2, 0.25) is 0 Å². The van der Waals surface area contributed by atoms with Crippen molar-refractivity contribution in [2.24, 2.45) is 0 Å². The summed E-state index contributed by atoms with van der Waals surface area (Å²) in [6.45, 7) is 5.67. The lowest BCUT2D eigenvalue weighted by atomic mass is 9.92. The van der Waals surface area contributed by atoms with Gasteiger partial charge >= 0.3 is 12.2 Å². The van der Waals surface area contributed by atoms with Crippen molar-refractivity contribution in [2.75, 3.05) is 45.1 Å². The summed E-state index contributed by atoms with van der Waals surface area (Å²) in [5, 5.41) is 12.9. The van der Waals surface area contributed by atoms with Crippen molar-refractivity contribution in [1.82, 2.24) is 29.7 Å². The summed E-state index contributed by atoms with van der Waals surface area (Å²) >= 11 is 0. The first-order valence-electron chi connectivity index (χ1n) is 15.0. The Morgan fingerprint density at radius 2 is 1.93 bits per heavy atom. The van der Waals surface area contributed by atoms with E-state index in [0.29, 0.717) is 47.9 Å². The Kier molecular flexibility index (Phi) is 8.67. The average Bonchev–Trinajstić information content (AvgIpc) is 3.46. The molecule has 2 aliphatic rings. The van der Waals surface area contributed by atoms with Crippen LogP contribution in [-0.4, -0.2) is 80.6 Å².